The molecule has 0 saturated heterocycles. The number of nitrogens with zero attached hydrogens (tertiary/aromatic N) is 1. The average Bonchev–Trinajstić information content (AvgIpc) is 2.75. The molecule has 0 aliphatic carbocycles. The molecule has 0 spiro atoms. The smallest absolute Gasteiger partial charge is 0.308 e. The Morgan fingerprint density at radius 1 is 1.26 bits per heavy atom. The van der Waals surface area contributed by atoms with Gasteiger partial charge in [0.1, 0.15) is 0 Å². The van der Waals surface area contributed by atoms with E-state index in [2.05, 4.69) is 37.9 Å². The zero-order valence-electron chi connectivity index (χ0n) is 11.3. The lowest BCUT2D eigenvalue weighted by Gasteiger charge is -2.19. The second kappa shape index (κ2) is 5.13. The molecule has 2 aromatic rings. The van der Waals surface area contributed by atoms with Crippen LogP contribution in [0.2, 0.25) is 0 Å². The zero-order valence-corrected chi connectivity index (χ0v) is 12.1. The monoisotopic (exact) mass is 275 g/mol. The van der Waals surface area contributed by atoms with E-state index < -0.39 is 5.97 Å². The van der Waals surface area contributed by atoms with E-state index in [-0.39, 0.29) is 11.8 Å². The maximum absolute atomic E-state index is 10.8. The fourth-order valence-corrected chi connectivity index (χ4v) is 2.67. The normalized spacial score (nSPS) is 11.5. The van der Waals surface area contributed by atoms with Gasteiger partial charge in [0.2, 0.25) is 0 Å². The first-order valence-corrected chi connectivity index (χ1v) is 7.01. The van der Waals surface area contributed by atoms with Crippen molar-refractivity contribution in [3.63, 3.8) is 0 Å². The van der Waals surface area contributed by atoms with Crippen molar-refractivity contribution in [3.8, 4) is 11.3 Å². The standard InChI is InChI=1S/C15H17NO2S/c1-15(2,3)11-6-4-10(5-7-11)14-12(8-13(17)18)19-9-16-14/h4-7,9H,8H2,1-3H3,(H,17,18). The van der Waals surface area contributed by atoms with Crippen LogP contribution in [0.15, 0.2) is 29.8 Å². The Morgan fingerprint density at radius 2 is 1.89 bits per heavy atom. The molecule has 3 nitrogen and oxygen atoms in total. The van der Waals surface area contributed by atoms with E-state index in [0.717, 1.165) is 16.1 Å². The van der Waals surface area contributed by atoms with Crippen molar-refractivity contribution in [3.05, 3.63) is 40.2 Å². The maximum Gasteiger partial charge on any atom is 0.308 e. The number of thiazole rings is 1. The van der Waals surface area contributed by atoms with Crippen molar-refractivity contribution in [2.75, 3.05) is 0 Å². The van der Waals surface area contributed by atoms with Crippen molar-refractivity contribution < 1.29 is 9.90 Å². The Balaban J connectivity index is 2.33. The molecule has 0 saturated carbocycles. The van der Waals surface area contributed by atoms with Gasteiger partial charge in [-0.2, -0.15) is 0 Å². The van der Waals surface area contributed by atoms with Gasteiger partial charge in [-0.3, -0.25) is 4.79 Å². The fourth-order valence-electron chi connectivity index (χ4n) is 1.90. The van der Waals surface area contributed by atoms with Crippen molar-refractivity contribution in [1.82, 2.24) is 4.98 Å². The topological polar surface area (TPSA) is 50.2 Å². The molecule has 0 atom stereocenters. The Kier molecular flexibility index (Phi) is 3.71. The minimum atomic E-state index is -0.822. The van der Waals surface area contributed by atoms with Crippen LogP contribution in [0, 0.1) is 0 Å². The molecule has 1 aromatic heterocycles. The van der Waals surface area contributed by atoms with Gasteiger partial charge >= 0.3 is 5.97 Å². The number of benzene rings is 1. The summed E-state index contributed by atoms with van der Waals surface area (Å²) in [7, 11) is 0. The molecule has 19 heavy (non-hydrogen) atoms. The van der Waals surface area contributed by atoms with E-state index in [1.807, 2.05) is 12.1 Å². The minimum absolute atomic E-state index is 0.0288. The van der Waals surface area contributed by atoms with E-state index in [4.69, 9.17) is 5.11 Å². The molecular formula is C15H17NO2S. The summed E-state index contributed by atoms with van der Waals surface area (Å²) in [6.45, 7) is 6.50. The van der Waals surface area contributed by atoms with Gasteiger partial charge in [-0.1, -0.05) is 45.0 Å². The predicted octanol–water partition coefficient (Wildman–Crippen LogP) is 3.73. The summed E-state index contributed by atoms with van der Waals surface area (Å²) < 4.78 is 0. The first-order valence-electron chi connectivity index (χ1n) is 6.13. The molecule has 4 heteroatoms. The molecule has 100 valence electrons. The third-order valence-electron chi connectivity index (χ3n) is 2.98. The molecule has 0 radical (unpaired) electrons. The number of rotatable bonds is 3. The highest BCUT2D eigenvalue weighted by molar-refractivity contribution is 7.10. The third kappa shape index (κ3) is 3.20. The number of carboxylic acids is 1. The highest BCUT2D eigenvalue weighted by Gasteiger charge is 2.15. The lowest BCUT2D eigenvalue weighted by molar-refractivity contribution is -0.136. The maximum atomic E-state index is 10.8. The van der Waals surface area contributed by atoms with E-state index in [1.54, 1.807) is 5.51 Å². The molecule has 2 rings (SSSR count). The van der Waals surface area contributed by atoms with Crippen LogP contribution in [0.25, 0.3) is 11.3 Å². The van der Waals surface area contributed by atoms with Gasteiger partial charge in [0.05, 0.1) is 17.6 Å². The molecule has 1 heterocycles. The molecule has 0 amide bonds. The lowest BCUT2D eigenvalue weighted by atomic mass is 9.86. The van der Waals surface area contributed by atoms with Crippen LogP contribution in [0.5, 0.6) is 0 Å². The van der Waals surface area contributed by atoms with E-state index in [0.29, 0.717) is 0 Å². The summed E-state index contributed by atoms with van der Waals surface area (Å²) in [4.78, 5) is 15.9. The first kappa shape index (κ1) is 13.7. The third-order valence-corrected chi connectivity index (χ3v) is 3.81. The van der Waals surface area contributed by atoms with Crippen molar-refractivity contribution in [2.45, 2.75) is 32.6 Å². The lowest BCUT2D eigenvalue weighted by Crippen LogP contribution is -2.10. The number of carbonyl (C=O) groups is 1. The number of hydrogen-bond donors (Lipinski definition) is 1. The second-order valence-corrected chi connectivity index (χ2v) is 6.46. The quantitative estimate of drug-likeness (QED) is 0.928. The van der Waals surface area contributed by atoms with Gasteiger partial charge in [0, 0.05) is 10.4 Å². The van der Waals surface area contributed by atoms with Gasteiger partial charge in [0.15, 0.2) is 0 Å². The minimum Gasteiger partial charge on any atom is -0.481 e. The van der Waals surface area contributed by atoms with Gasteiger partial charge in [0.25, 0.3) is 0 Å². The van der Waals surface area contributed by atoms with Crippen LogP contribution < -0.4 is 0 Å². The van der Waals surface area contributed by atoms with Crippen molar-refractivity contribution in [1.29, 1.82) is 0 Å². The van der Waals surface area contributed by atoms with Crippen LogP contribution >= 0.6 is 11.3 Å². The van der Waals surface area contributed by atoms with E-state index in [9.17, 15) is 4.79 Å². The van der Waals surface area contributed by atoms with Gasteiger partial charge in [-0.15, -0.1) is 11.3 Å². The molecule has 0 aliphatic heterocycles. The SMILES string of the molecule is CC(C)(C)c1ccc(-c2ncsc2CC(=O)O)cc1. The molecule has 0 bridgehead atoms. The van der Waals surface area contributed by atoms with Crippen LogP contribution in [0.4, 0.5) is 0 Å². The molecule has 1 N–H and O–H groups in total. The Morgan fingerprint density at radius 3 is 2.42 bits per heavy atom. The Labute approximate surface area is 116 Å². The van der Waals surface area contributed by atoms with Crippen LogP contribution in [0.3, 0.4) is 0 Å². The highest BCUT2D eigenvalue weighted by Crippen LogP contribution is 2.29. The van der Waals surface area contributed by atoms with Crippen LogP contribution in [0.1, 0.15) is 31.2 Å². The second-order valence-electron chi connectivity index (χ2n) is 5.52. The average molecular weight is 275 g/mol. The van der Waals surface area contributed by atoms with Gasteiger partial charge in [-0.05, 0) is 11.0 Å². The molecule has 1 aromatic carbocycles. The van der Waals surface area contributed by atoms with Gasteiger partial charge in [-0.25, -0.2) is 4.98 Å². The van der Waals surface area contributed by atoms with Crippen LogP contribution in [-0.2, 0) is 16.6 Å². The van der Waals surface area contributed by atoms with Gasteiger partial charge < -0.3 is 5.11 Å². The number of aliphatic carboxylic acids is 1. The van der Waals surface area contributed by atoms with E-state index in [1.165, 1.54) is 16.9 Å². The first-order chi connectivity index (χ1) is 8.88. The number of hydrogen-bond acceptors (Lipinski definition) is 3. The van der Waals surface area contributed by atoms with E-state index >= 15 is 0 Å². The Bertz CT molecular complexity index is 579. The zero-order chi connectivity index (χ0) is 14.0. The summed E-state index contributed by atoms with van der Waals surface area (Å²) in [5, 5.41) is 8.89. The summed E-state index contributed by atoms with van der Waals surface area (Å²) in [6, 6.07) is 8.19. The summed E-state index contributed by atoms with van der Waals surface area (Å²) in [5.74, 6) is -0.822. The number of aromatic nitrogens is 1. The van der Waals surface area contributed by atoms with Crippen LogP contribution in [-0.4, -0.2) is 16.1 Å². The van der Waals surface area contributed by atoms with Crippen molar-refractivity contribution in [2.24, 2.45) is 0 Å². The molecular weight excluding hydrogens is 258 g/mol. The molecule has 0 unspecified atom stereocenters. The summed E-state index contributed by atoms with van der Waals surface area (Å²) in [5.41, 5.74) is 4.83. The predicted molar refractivity (Wildman–Crippen MR) is 77.6 cm³/mol. The Hall–Kier alpha value is -1.68. The molecule has 0 aliphatic rings. The number of carboxylic acid groups (broad SMARTS) is 1. The molecule has 0 fully saturated rings. The van der Waals surface area contributed by atoms with Crippen molar-refractivity contribution >= 4 is 17.3 Å². The summed E-state index contributed by atoms with van der Waals surface area (Å²) >= 11 is 1.39. The fraction of sp³-hybridized carbons (Fsp3) is 0.333. The highest BCUT2D eigenvalue weighted by atomic mass is 32.1. The largest absolute Gasteiger partial charge is 0.481 e. The summed E-state index contributed by atoms with van der Waals surface area (Å²) in [6.07, 6.45) is 0.0288.